The van der Waals surface area contributed by atoms with E-state index in [0.29, 0.717) is 22.2 Å². The molecule has 0 radical (unpaired) electrons. The predicted octanol–water partition coefficient (Wildman–Crippen LogP) is 3.20. The van der Waals surface area contributed by atoms with Gasteiger partial charge in [0.25, 0.3) is 11.8 Å². The number of rotatable bonds is 3. The van der Waals surface area contributed by atoms with E-state index in [-0.39, 0.29) is 11.5 Å². The number of hydrogen-bond acceptors (Lipinski definition) is 3. The van der Waals surface area contributed by atoms with Gasteiger partial charge in [-0.3, -0.25) is 14.4 Å². The molecule has 0 aliphatic carbocycles. The number of nitrogens with one attached hydrogen (secondary N) is 1. The number of H-pyrrole nitrogens is 1. The first-order valence-corrected chi connectivity index (χ1v) is 10.4. The lowest BCUT2D eigenvalue weighted by Gasteiger charge is -2.28. The molecular formula is C24H22N4O3. The standard InChI is InChI=1S/C24H22N4O3/c25-23(30)18-14-28(20-7-3-2-6-16(20)22(18)29)21-13-19-15(8-9-26-19)12-17(21)24(31)27-10-4-1-5-11-27/h2-3,6-9,12-14,26H,1,4-5,10-11H2,(H2,25,30). The normalized spacial score (nSPS) is 14.3. The fourth-order valence-electron chi connectivity index (χ4n) is 4.38. The largest absolute Gasteiger partial charge is 0.365 e. The highest BCUT2D eigenvalue weighted by Gasteiger charge is 2.24. The number of likely N-dealkylation sites (tertiary alicyclic amines) is 1. The summed E-state index contributed by atoms with van der Waals surface area (Å²) in [7, 11) is 0. The summed E-state index contributed by atoms with van der Waals surface area (Å²) in [5.74, 6) is -0.851. The van der Waals surface area contributed by atoms with Crippen molar-refractivity contribution in [3.63, 3.8) is 0 Å². The van der Waals surface area contributed by atoms with Crippen LogP contribution in [0.15, 0.2) is 59.7 Å². The van der Waals surface area contributed by atoms with E-state index in [1.54, 1.807) is 22.8 Å². The molecule has 3 heterocycles. The van der Waals surface area contributed by atoms with Gasteiger partial charge in [0.15, 0.2) is 0 Å². The molecule has 4 aromatic rings. The lowest BCUT2D eigenvalue weighted by Crippen LogP contribution is -2.36. The molecule has 0 atom stereocenters. The number of para-hydroxylation sites is 1. The van der Waals surface area contributed by atoms with Crippen molar-refractivity contribution in [3.05, 3.63) is 76.2 Å². The molecule has 0 saturated carbocycles. The first-order valence-electron chi connectivity index (χ1n) is 10.4. The summed E-state index contributed by atoms with van der Waals surface area (Å²) in [4.78, 5) is 43.4. The lowest BCUT2D eigenvalue weighted by molar-refractivity contribution is 0.0724. The molecule has 2 amide bonds. The van der Waals surface area contributed by atoms with Crippen LogP contribution in [-0.4, -0.2) is 39.4 Å². The highest BCUT2D eigenvalue weighted by Crippen LogP contribution is 2.27. The average molecular weight is 414 g/mol. The number of hydrogen-bond donors (Lipinski definition) is 2. The molecule has 31 heavy (non-hydrogen) atoms. The average Bonchev–Trinajstić information content (AvgIpc) is 3.26. The Labute approximate surface area is 178 Å². The monoisotopic (exact) mass is 414 g/mol. The first kappa shape index (κ1) is 19.1. The summed E-state index contributed by atoms with van der Waals surface area (Å²) in [6.07, 6.45) is 6.37. The number of nitrogens with two attached hydrogens (primary N) is 1. The minimum absolute atomic E-state index is 0.0544. The third kappa shape index (κ3) is 3.18. The topological polar surface area (TPSA) is 101 Å². The van der Waals surface area contributed by atoms with Gasteiger partial charge in [0.05, 0.1) is 16.8 Å². The Morgan fingerprint density at radius 2 is 1.74 bits per heavy atom. The highest BCUT2D eigenvalue weighted by molar-refractivity contribution is 6.03. The van der Waals surface area contributed by atoms with Crippen molar-refractivity contribution < 1.29 is 9.59 Å². The van der Waals surface area contributed by atoms with Crippen molar-refractivity contribution in [2.45, 2.75) is 19.3 Å². The van der Waals surface area contributed by atoms with Gasteiger partial charge in [-0.1, -0.05) is 12.1 Å². The molecule has 1 saturated heterocycles. The number of carbonyl (C=O) groups excluding carboxylic acids is 2. The highest BCUT2D eigenvalue weighted by atomic mass is 16.2. The minimum atomic E-state index is -0.797. The summed E-state index contributed by atoms with van der Waals surface area (Å²) >= 11 is 0. The molecule has 7 nitrogen and oxygen atoms in total. The maximum atomic E-state index is 13.5. The fourth-order valence-corrected chi connectivity index (χ4v) is 4.38. The van der Waals surface area contributed by atoms with Gasteiger partial charge in [-0.25, -0.2) is 0 Å². The Morgan fingerprint density at radius 1 is 0.968 bits per heavy atom. The molecule has 156 valence electrons. The van der Waals surface area contributed by atoms with Crippen molar-refractivity contribution in [1.29, 1.82) is 0 Å². The Hall–Kier alpha value is -3.87. The molecular weight excluding hydrogens is 392 g/mol. The number of carbonyl (C=O) groups is 2. The van der Waals surface area contributed by atoms with Gasteiger partial charge < -0.3 is 20.2 Å². The molecule has 2 aromatic carbocycles. The van der Waals surface area contributed by atoms with Gasteiger partial charge in [0, 0.05) is 41.8 Å². The predicted molar refractivity (Wildman–Crippen MR) is 120 cm³/mol. The fraction of sp³-hybridized carbons (Fsp3) is 0.208. The van der Waals surface area contributed by atoms with Crippen LogP contribution in [0, 0.1) is 0 Å². The second kappa shape index (κ2) is 7.43. The number of primary amides is 1. The molecule has 0 bridgehead atoms. The van der Waals surface area contributed by atoms with Gasteiger partial charge in [-0.05, 0) is 49.6 Å². The van der Waals surface area contributed by atoms with Crippen molar-refractivity contribution in [2.24, 2.45) is 5.73 Å². The number of nitrogens with zero attached hydrogens (tertiary/aromatic N) is 2. The number of amides is 2. The van der Waals surface area contributed by atoms with Crippen LogP contribution in [0.1, 0.15) is 40.0 Å². The molecule has 1 fully saturated rings. The van der Waals surface area contributed by atoms with Crippen LogP contribution in [0.2, 0.25) is 0 Å². The third-order valence-electron chi connectivity index (χ3n) is 5.98. The zero-order chi connectivity index (χ0) is 21.5. The van der Waals surface area contributed by atoms with Gasteiger partial charge in [0.2, 0.25) is 5.43 Å². The van der Waals surface area contributed by atoms with Crippen molar-refractivity contribution in [2.75, 3.05) is 13.1 Å². The molecule has 1 aliphatic heterocycles. The number of fused-ring (bicyclic) bond motifs is 2. The molecule has 2 aromatic heterocycles. The van der Waals surface area contributed by atoms with Gasteiger partial charge >= 0.3 is 0 Å². The van der Waals surface area contributed by atoms with Gasteiger partial charge in [-0.2, -0.15) is 0 Å². The zero-order valence-corrected chi connectivity index (χ0v) is 16.9. The van der Waals surface area contributed by atoms with E-state index in [9.17, 15) is 14.4 Å². The maximum absolute atomic E-state index is 13.5. The summed E-state index contributed by atoms with van der Waals surface area (Å²) in [6, 6.07) is 12.7. The summed E-state index contributed by atoms with van der Waals surface area (Å²) in [5, 5.41) is 1.30. The zero-order valence-electron chi connectivity index (χ0n) is 16.9. The quantitative estimate of drug-likeness (QED) is 0.538. The lowest BCUT2D eigenvalue weighted by atomic mass is 10.0. The van der Waals surface area contributed by atoms with E-state index < -0.39 is 11.3 Å². The van der Waals surface area contributed by atoms with Crippen LogP contribution in [0.25, 0.3) is 27.5 Å². The molecule has 0 unspecified atom stereocenters. The van der Waals surface area contributed by atoms with Crippen LogP contribution < -0.4 is 11.2 Å². The number of aromatic amines is 1. The molecule has 0 spiro atoms. The van der Waals surface area contributed by atoms with Crippen molar-refractivity contribution in [3.8, 4) is 5.69 Å². The Balaban J connectivity index is 1.81. The number of piperidine rings is 1. The van der Waals surface area contributed by atoms with E-state index in [1.807, 2.05) is 35.4 Å². The summed E-state index contributed by atoms with van der Waals surface area (Å²) in [6.45, 7) is 1.45. The Morgan fingerprint density at radius 3 is 2.52 bits per heavy atom. The molecule has 7 heteroatoms. The second-order valence-corrected chi connectivity index (χ2v) is 7.91. The van der Waals surface area contributed by atoms with E-state index in [1.165, 1.54) is 6.20 Å². The van der Waals surface area contributed by atoms with Gasteiger partial charge in [-0.15, -0.1) is 0 Å². The molecule has 1 aliphatic rings. The van der Waals surface area contributed by atoms with E-state index in [2.05, 4.69) is 4.98 Å². The maximum Gasteiger partial charge on any atom is 0.256 e. The van der Waals surface area contributed by atoms with Crippen LogP contribution in [0.5, 0.6) is 0 Å². The van der Waals surface area contributed by atoms with Gasteiger partial charge in [0.1, 0.15) is 5.56 Å². The van der Waals surface area contributed by atoms with Crippen molar-refractivity contribution in [1.82, 2.24) is 14.5 Å². The van der Waals surface area contributed by atoms with Crippen LogP contribution in [0.4, 0.5) is 0 Å². The number of benzene rings is 2. The van der Waals surface area contributed by atoms with E-state index >= 15 is 0 Å². The number of pyridine rings is 1. The van der Waals surface area contributed by atoms with E-state index in [4.69, 9.17) is 5.73 Å². The Bertz CT molecular complexity index is 1390. The summed E-state index contributed by atoms with van der Waals surface area (Å²) in [5.41, 5.74) is 7.58. The van der Waals surface area contributed by atoms with E-state index in [0.717, 1.165) is 43.3 Å². The van der Waals surface area contributed by atoms with Crippen LogP contribution in [0.3, 0.4) is 0 Å². The van der Waals surface area contributed by atoms with Crippen LogP contribution in [-0.2, 0) is 0 Å². The molecule has 3 N–H and O–H groups in total. The molecule has 5 rings (SSSR count). The number of aromatic nitrogens is 2. The van der Waals surface area contributed by atoms with Crippen molar-refractivity contribution >= 4 is 33.6 Å². The SMILES string of the molecule is NC(=O)c1cn(-c2cc3[nH]ccc3cc2C(=O)N2CCCCC2)c2ccccc2c1=O. The summed E-state index contributed by atoms with van der Waals surface area (Å²) < 4.78 is 1.73. The second-order valence-electron chi connectivity index (χ2n) is 7.91. The Kier molecular flexibility index (Phi) is 4.58. The van der Waals surface area contributed by atoms with Crippen LogP contribution >= 0.6 is 0 Å². The third-order valence-corrected chi connectivity index (χ3v) is 5.98. The smallest absolute Gasteiger partial charge is 0.256 e. The first-order chi connectivity index (χ1) is 15.0. The minimum Gasteiger partial charge on any atom is -0.365 e.